The lowest BCUT2D eigenvalue weighted by Crippen LogP contribution is -2.29. The molecule has 0 aliphatic carbocycles. The van der Waals surface area contributed by atoms with Crippen LogP contribution in [0.4, 0.5) is 0 Å². The Morgan fingerprint density at radius 1 is 1.45 bits per heavy atom. The van der Waals surface area contributed by atoms with E-state index in [1.54, 1.807) is 6.92 Å². The largest absolute Gasteiger partial charge is 0.469 e. The highest BCUT2D eigenvalue weighted by molar-refractivity contribution is 5.72. The second-order valence-electron chi connectivity index (χ2n) is 5.28. The Labute approximate surface area is 120 Å². The highest BCUT2D eigenvalue weighted by atomic mass is 16.6. The number of benzene rings is 1. The van der Waals surface area contributed by atoms with Gasteiger partial charge in [-0.25, -0.2) is 0 Å². The van der Waals surface area contributed by atoms with Crippen LogP contribution in [0, 0.1) is 0 Å². The van der Waals surface area contributed by atoms with Crippen molar-refractivity contribution in [3.05, 3.63) is 47.5 Å². The predicted octanol–water partition coefficient (Wildman–Crippen LogP) is 2.55. The van der Waals surface area contributed by atoms with Crippen molar-refractivity contribution in [2.45, 2.75) is 39.1 Å². The Kier molecular flexibility index (Phi) is 5.48. The van der Waals surface area contributed by atoms with E-state index in [9.17, 15) is 9.90 Å². The molecule has 0 radical (unpaired) electrons. The number of hydrogen-bond acceptors (Lipinski definition) is 4. The van der Waals surface area contributed by atoms with E-state index in [-0.39, 0.29) is 12.4 Å². The van der Waals surface area contributed by atoms with Crippen LogP contribution in [-0.4, -0.2) is 24.5 Å². The van der Waals surface area contributed by atoms with Gasteiger partial charge in [-0.3, -0.25) is 4.79 Å². The first-order chi connectivity index (χ1) is 9.26. The van der Waals surface area contributed by atoms with E-state index in [1.807, 2.05) is 38.1 Å². The Bertz CT molecular complexity index is 491. The predicted molar refractivity (Wildman–Crippen MR) is 77.1 cm³/mol. The van der Waals surface area contributed by atoms with Gasteiger partial charge in [0.2, 0.25) is 0 Å². The number of aliphatic hydroxyl groups excluding tert-OH is 1. The second-order valence-corrected chi connectivity index (χ2v) is 5.28. The van der Waals surface area contributed by atoms with Gasteiger partial charge in [0.05, 0.1) is 19.1 Å². The Balaban J connectivity index is 2.92. The van der Waals surface area contributed by atoms with Gasteiger partial charge in [0, 0.05) is 0 Å². The van der Waals surface area contributed by atoms with Gasteiger partial charge in [-0.15, -0.1) is 0 Å². The van der Waals surface area contributed by atoms with Crippen LogP contribution in [0.25, 0.3) is 0 Å². The smallest absolute Gasteiger partial charge is 0.309 e. The minimum absolute atomic E-state index is 0.212. The molecule has 0 saturated carbocycles. The first kappa shape index (κ1) is 16.4. The molecular weight excluding hydrogens is 256 g/mol. The van der Waals surface area contributed by atoms with Gasteiger partial charge in [-0.1, -0.05) is 30.8 Å². The monoisotopic (exact) mass is 278 g/mol. The van der Waals surface area contributed by atoms with Crippen LogP contribution < -0.4 is 0 Å². The van der Waals surface area contributed by atoms with Gasteiger partial charge in [0.15, 0.2) is 6.29 Å². The van der Waals surface area contributed by atoms with E-state index in [0.29, 0.717) is 5.57 Å². The fourth-order valence-corrected chi connectivity index (χ4v) is 1.74. The number of rotatable bonds is 6. The van der Waals surface area contributed by atoms with Crippen molar-refractivity contribution < 1.29 is 19.4 Å². The van der Waals surface area contributed by atoms with Crippen molar-refractivity contribution in [3.8, 4) is 0 Å². The van der Waals surface area contributed by atoms with Crippen LogP contribution in [0.5, 0.6) is 0 Å². The molecule has 20 heavy (non-hydrogen) atoms. The maximum absolute atomic E-state index is 11.3. The van der Waals surface area contributed by atoms with Gasteiger partial charge in [-0.2, -0.15) is 0 Å². The molecular formula is C16H22O4. The molecule has 0 heterocycles. The summed E-state index contributed by atoms with van der Waals surface area (Å²) in [6.45, 7) is 9.08. The first-order valence-corrected chi connectivity index (χ1v) is 6.44. The van der Waals surface area contributed by atoms with Gasteiger partial charge >= 0.3 is 5.97 Å². The SMILES string of the molecule is C=C(C)C(O)OC(C)(C)c1cccc(CC(=O)OC)c1. The molecule has 0 saturated heterocycles. The lowest BCUT2D eigenvalue weighted by atomic mass is 9.95. The quantitative estimate of drug-likeness (QED) is 0.493. The molecule has 1 atom stereocenters. The third-order valence-electron chi connectivity index (χ3n) is 3.03. The van der Waals surface area contributed by atoms with E-state index in [2.05, 4.69) is 11.3 Å². The standard InChI is InChI=1S/C16H22O4/c1-11(2)15(18)20-16(3,4)13-8-6-7-12(9-13)10-14(17)19-5/h6-9,15,18H,1,10H2,2-5H3. The molecule has 0 aromatic heterocycles. The molecule has 1 aromatic rings. The first-order valence-electron chi connectivity index (χ1n) is 6.44. The maximum atomic E-state index is 11.3. The lowest BCUT2D eigenvalue weighted by molar-refractivity contribution is -0.156. The summed E-state index contributed by atoms with van der Waals surface area (Å²) in [5.74, 6) is -0.289. The Morgan fingerprint density at radius 2 is 2.10 bits per heavy atom. The van der Waals surface area contributed by atoms with Crippen LogP contribution in [0.15, 0.2) is 36.4 Å². The molecule has 0 aliphatic rings. The van der Waals surface area contributed by atoms with Crippen molar-refractivity contribution in [1.29, 1.82) is 0 Å². The summed E-state index contributed by atoms with van der Waals surface area (Å²) in [4.78, 5) is 11.3. The Morgan fingerprint density at radius 3 is 2.65 bits per heavy atom. The zero-order chi connectivity index (χ0) is 15.3. The minimum atomic E-state index is -1.02. The number of carbonyl (C=O) groups is 1. The minimum Gasteiger partial charge on any atom is -0.469 e. The van der Waals surface area contributed by atoms with Crippen LogP contribution in [-0.2, 0) is 26.3 Å². The van der Waals surface area contributed by atoms with Crippen molar-refractivity contribution in [2.75, 3.05) is 7.11 Å². The fraction of sp³-hybridized carbons (Fsp3) is 0.438. The third kappa shape index (κ3) is 4.47. The Hall–Kier alpha value is -1.65. The molecule has 0 amide bonds. The van der Waals surface area contributed by atoms with Gasteiger partial charge in [0.25, 0.3) is 0 Å². The molecule has 0 bridgehead atoms. The average molecular weight is 278 g/mol. The fourth-order valence-electron chi connectivity index (χ4n) is 1.74. The molecule has 0 aliphatic heterocycles. The van der Waals surface area contributed by atoms with E-state index >= 15 is 0 Å². The number of aliphatic hydroxyl groups is 1. The van der Waals surface area contributed by atoms with Crippen molar-refractivity contribution in [1.82, 2.24) is 0 Å². The van der Waals surface area contributed by atoms with Gasteiger partial charge < -0.3 is 14.6 Å². The molecule has 1 aromatic carbocycles. The van der Waals surface area contributed by atoms with Crippen molar-refractivity contribution >= 4 is 5.97 Å². The van der Waals surface area contributed by atoms with E-state index < -0.39 is 11.9 Å². The normalized spacial score (nSPS) is 12.8. The topological polar surface area (TPSA) is 55.8 Å². The van der Waals surface area contributed by atoms with E-state index in [1.165, 1.54) is 7.11 Å². The summed E-state index contributed by atoms with van der Waals surface area (Å²) >= 11 is 0. The van der Waals surface area contributed by atoms with Crippen molar-refractivity contribution in [2.24, 2.45) is 0 Å². The number of esters is 1. The molecule has 1 N–H and O–H groups in total. The van der Waals surface area contributed by atoms with Crippen LogP contribution in [0.3, 0.4) is 0 Å². The summed E-state index contributed by atoms with van der Waals surface area (Å²) in [6, 6.07) is 7.48. The molecule has 4 heteroatoms. The second kappa shape index (κ2) is 6.68. The van der Waals surface area contributed by atoms with Crippen LogP contribution in [0.1, 0.15) is 31.9 Å². The lowest BCUT2D eigenvalue weighted by Gasteiger charge is -2.29. The van der Waals surface area contributed by atoms with Gasteiger partial charge in [-0.05, 0) is 37.5 Å². The summed E-state index contributed by atoms with van der Waals surface area (Å²) in [5.41, 5.74) is 1.57. The molecule has 0 spiro atoms. The summed E-state index contributed by atoms with van der Waals surface area (Å²) in [5, 5.41) is 9.78. The highest BCUT2D eigenvalue weighted by Crippen LogP contribution is 2.27. The van der Waals surface area contributed by atoms with Crippen LogP contribution in [0.2, 0.25) is 0 Å². The zero-order valence-corrected chi connectivity index (χ0v) is 12.5. The molecule has 4 nitrogen and oxygen atoms in total. The maximum Gasteiger partial charge on any atom is 0.309 e. The number of carbonyl (C=O) groups excluding carboxylic acids is 1. The average Bonchev–Trinajstić information content (AvgIpc) is 2.38. The molecule has 0 fully saturated rings. The van der Waals surface area contributed by atoms with E-state index in [0.717, 1.165) is 11.1 Å². The summed E-state index contributed by atoms with van der Waals surface area (Å²) in [7, 11) is 1.36. The number of ether oxygens (including phenoxy) is 2. The summed E-state index contributed by atoms with van der Waals surface area (Å²) in [6.07, 6.45) is -0.807. The van der Waals surface area contributed by atoms with E-state index in [4.69, 9.17) is 4.74 Å². The highest BCUT2D eigenvalue weighted by Gasteiger charge is 2.25. The number of hydrogen-bond donors (Lipinski definition) is 1. The van der Waals surface area contributed by atoms with Crippen LogP contribution >= 0.6 is 0 Å². The third-order valence-corrected chi connectivity index (χ3v) is 3.03. The van der Waals surface area contributed by atoms with Crippen molar-refractivity contribution in [3.63, 3.8) is 0 Å². The molecule has 1 unspecified atom stereocenters. The zero-order valence-electron chi connectivity index (χ0n) is 12.5. The number of methoxy groups -OCH3 is 1. The summed E-state index contributed by atoms with van der Waals surface area (Å²) < 4.78 is 10.3. The molecule has 1 rings (SSSR count). The van der Waals surface area contributed by atoms with Gasteiger partial charge in [0.1, 0.15) is 0 Å². The molecule has 110 valence electrons.